The number of rotatable bonds is 11. The quantitative estimate of drug-likeness (QED) is 0.320. The minimum absolute atomic E-state index is 0.0264. The number of hydrogen-bond acceptors (Lipinski definition) is 9. The highest BCUT2D eigenvalue weighted by Crippen LogP contribution is 2.45. The standard InChI is InChI=1S/C34H40N4O8/c1-3-9-26(29(39)31(41)35-20-14-15-20)36-30(40)28-17-34(16-27(37-46-34)32(42)44-4-2)19-38(28)33(43)45-18-25-23-12-7-5-10-21(23)22-11-6-8-13-24(22)25/h5-8,10-13,20,25-26,28-29,39H,3-4,9,14-19H2,1-2H3,(H,35,41)(H,36,40)/t26-,28-,29?,34+/m0/s1. The van der Waals surface area contributed by atoms with Gasteiger partial charge in [-0.05, 0) is 48.4 Å². The summed E-state index contributed by atoms with van der Waals surface area (Å²) in [5, 5.41) is 20.4. The van der Waals surface area contributed by atoms with Crippen LogP contribution in [0.25, 0.3) is 11.1 Å². The van der Waals surface area contributed by atoms with E-state index in [2.05, 4.69) is 15.8 Å². The number of carbonyl (C=O) groups excluding carboxylic acids is 4. The van der Waals surface area contributed by atoms with Crippen molar-refractivity contribution in [3.8, 4) is 11.1 Å². The van der Waals surface area contributed by atoms with E-state index in [-0.39, 0.29) is 50.3 Å². The van der Waals surface area contributed by atoms with Crippen LogP contribution in [0, 0.1) is 0 Å². The molecule has 0 radical (unpaired) electrons. The number of oxime groups is 1. The number of nitrogens with zero attached hydrogens (tertiary/aromatic N) is 2. The first-order valence-corrected chi connectivity index (χ1v) is 16.1. The lowest BCUT2D eigenvalue weighted by Gasteiger charge is -2.28. The molecule has 3 amide bonds. The Bertz CT molecular complexity index is 1490. The van der Waals surface area contributed by atoms with Gasteiger partial charge in [-0.3, -0.25) is 14.5 Å². The molecule has 244 valence electrons. The first-order valence-electron chi connectivity index (χ1n) is 16.1. The van der Waals surface area contributed by atoms with Crippen LogP contribution < -0.4 is 10.6 Å². The summed E-state index contributed by atoms with van der Waals surface area (Å²) in [6, 6.07) is 14.1. The van der Waals surface area contributed by atoms with E-state index in [0.717, 1.165) is 35.1 Å². The molecule has 1 spiro atoms. The van der Waals surface area contributed by atoms with Gasteiger partial charge in [0.1, 0.15) is 12.6 Å². The molecule has 1 unspecified atom stereocenters. The maximum atomic E-state index is 13.9. The van der Waals surface area contributed by atoms with Gasteiger partial charge in [-0.15, -0.1) is 0 Å². The Morgan fingerprint density at radius 1 is 1.04 bits per heavy atom. The van der Waals surface area contributed by atoms with Crippen molar-refractivity contribution in [3.05, 3.63) is 59.7 Å². The van der Waals surface area contributed by atoms with E-state index in [4.69, 9.17) is 14.3 Å². The molecular formula is C34H40N4O8. The predicted molar refractivity (Wildman–Crippen MR) is 167 cm³/mol. The largest absolute Gasteiger partial charge is 0.461 e. The molecule has 2 fully saturated rings. The van der Waals surface area contributed by atoms with E-state index in [1.54, 1.807) is 6.92 Å². The van der Waals surface area contributed by atoms with Crippen LogP contribution in [0.2, 0.25) is 0 Å². The molecule has 0 aromatic heterocycles. The number of aliphatic hydroxyl groups excluding tert-OH is 1. The molecule has 2 aromatic rings. The summed E-state index contributed by atoms with van der Waals surface area (Å²) in [6.07, 6.45) is 0.572. The first-order chi connectivity index (χ1) is 22.2. The second-order valence-electron chi connectivity index (χ2n) is 12.5. The average Bonchev–Trinajstić information content (AvgIpc) is 3.51. The molecule has 4 atom stereocenters. The van der Waals surface area contributed by atoms with E-state index in [1.165, 1.54) is 4.90 Å². The Balaban J connectivity index is 1.20. The van der Waals surface area contributed by atoms with Crippen LogP contribution in [0.4, 0.5) is 4.79 Å². The van der Waals surface area contributed by atoms with Gasteiger partial charge in [0.2, 0.25) is 5.91 Å². The van der Waals surface area contributed by atoms with Crippen molar-refractivity contribution < 1.29 is 38.6 Å². The fourth-order valence-electron chi connectivity index (χ4n) is 6.69. The second-order valence-corrected chi connectivity index (χ2v) is 12.5. The monoisotopic (exact) mass is 632 g/mol. The van der Waals surface area contributed by atoms with Gasteiger partial charge in [0.25, 0.3) is 5.91 Å². The second kappa shape index (κ2) is 13.1. The lowest BCUT2D eigenvalue weighted by Crippen LogP contribution is -2.55. The van der Waals surface area contributed by atoms with Gasteiger partial charge in [0.05, 0.1) is 19.2 Å². The minimum Gasteiger partial charge on any atom is -0.461 e. The van der Waals surface area contributed by atoms with Crippen LogP contribution in [0.1, 0.15) is 69.4 Å². The van der Waals surface area contributed by atoms with Crippen LogP contribution in [-0.2, 0) is 28.7 Å². The van der Waals surface area contributed by atoms with Crippen molar-refractivity contribution in [2.75, 3.05) is 19.8 Å². The molecule has 6 rings (SSSR count). The van der Waals surface area contributed by atoms with E-state index in [0.29, 0.717) is 12.8 Å². The summed E-state index contributed by atoms with van der Waals surface area (Å²) in [5.74, 6) is -1.90. The fourth-order valence-corrected chi connectivity index (χ4v) is 6.69. The van der Waals surface area contributed by atoms with Gasteiger partial charge >= 0.3 is 12.1 Å². The van der Waals surface area contributed by atoms with Crippen molar-refractivity contribution >= 4 is 29.6 Å². The SMILES string of the molecule is CCC[C@H](NC(=O)[C@@H]1C[C@]2(CC(C(=O)OCC)=NO2)CN1C(=O)OCC1c2ccccc2-c2ccccc21)C(O)C(=O)NC1CC1. The zero-order valence-corrected chi connectivity index (χ0v) is 26.1. The van der Waals surface area contributed by atoms with Crippen LogP contribution in [0.5, 0.6) is 0 Å². The molecule has 2 heterocycles. The highest BCUT2D eigenvalue weighted by molar-refractivity contribution is 6.36. The Kier molecular flexibility index (Phi) is 8.99. The van der Waals surface area contributed by atoms with Gasteiger partial charge in [-0.1, -0.05) is 67.0 Å². The molecule has 12 nitrogen and oxygen atoms in total. The number of amides is 3. The molecular weight excluding hydrogens is 592 g/mol. The van der Waals surface area contributed by atoms with Crippen molar-refractivity contribution in [2.45, 2.75) is 88.1 Å². The molecule has 12 heteroatoms. The summed E-state index contributed by atoms with van der Waals surface area (Å²) in [5.41, 5.74) is 3.22. The number of aliphatic hydroxyl groups is 1. The third-order valence-electron chi connectivity index (χ3n) is 9.12. The van der Waals surface area contributed by atoms with Gasteiger partial charge in [0.15, 0.2) is 17.4 Å². The molecule has 2 aromatic carbocycles. The lowest BCUT2D eigenvalue weighted by atomic mass is 9.93. The number of likely N-dealkylation sites (tertiary alicyclic amines) is 1. The maximum absolute atomic E-state index is 13.9. The first kappa shape index (κ1) is 31.5. The van der Waals surface area contributed by atoms with Crippen molar-refractivity contribution in [1.29, 1.82) is 0 Å². The van der Waals surface area contributed by atoms with Crippen LogP contribution in [0.3, 0.4) is 0 Å². The number of esters is 1. The van der Waals surface area contributed by atoms with Crippen LogP contribution >= 0.6 is 0 Å². The summed E-state index contributed by atoms with van der Waals surface area (Å²) in [6.45, 7) is 3.73. The van der Waals surface area contributed by atoms with Gasteiger partial charge < -0.3 is 30.1 Å². The van der Waals surface area contributed by atoms with E-state index in [9.17, 15) is 24.3 Å². The smallest absolute Gasteiger partial charge is 0.410 e. The Labute approximate surface area is 267 Å². The summed E-state index contributed by atoms with van der Waals surface area (Å²) in [4.78, 5) is 59.8. The third kappa shape index (κ3) is 6.31. The van der Waals surface area contributed by atoms with Crippen LogP contribution in [-0.4, -0.2) is 89.2 Å². The molecule has 3 N–H and O–H groups in total. The number of benzene rings is 2. The maximum Gasteiger partial charge on any atom is 0.410 e. The predicted octanol–water partition coefficient (Wildman–Crippen LogP) is 3.01. The molecule has 1 saturated heterocycles. The van der Waals surface area contributed by atoms with E-state index < -0.39 is 47.7 Å². The zero-order chi connectivity index (χ0) is 32.4. The topological polar surface area (TPSA) is 156 Å². The third-order valence-corrected chi connectivity index (χ3v) is 9.12. The molecule has 0 bridgehead atoms. The van der Waals surface area contributed by atoms with Crippen molar-refractivity contribution in [2.24, 2.45) is 5.16 Å². The van der Waals surface area contributed by atoms with Crippen molar-refractivity contribution in [1.82, 2.24) is 15.5 Å². The summed E-state index contributed by atoms with van der Waals surface area (Å²) in [7, 11) is 0. The molecule has 2 aliphatic carbocycles. The molecule has 4 aliphatic rings. The Morgan fingerprint density at radius 2 is 1.72 bits per heavy atom. The number of fused-ring (bicyclic) bond motifs is 3. The molecule has 1 saturated carbocycles. The number of hydrogen-bond donors (Lipinski definition) is 3. The van der Waals surface area contributed by atoms with Gasteiger partial charge in [0, 0.05) is 24.8 Å². The van der Waals surface area contributed by atoms with Crippen molar-refractivity contribution in [3.63, 3.8) is 0 Å². The number of nitrogens with one attached hydrogen (secondary N) is 2. The number of carbonyl (C=O) groups is 4. The average molecular weight is 633 g/mol. The fraction of sp³-hybridized carbons (Fsp3) is 0.500. The summed E-state index contributed by atoms with van der Waals surface area (Å²) < 4.78 is 11.0. The lowest BCUT2D eigenvalue weighted by molar-refractivity contribution is -0.135. The van der Waals surface area contributed by atoms with Crippen LogP contribution in [0.15, 0.2) is 53.7 Å². The van der Waals surface area contributed by atoms with E-state index in [1.807, 2.05) is 55.5 Å². The van der Waals surface area contributed by atoms with Gasteiger partial charge in [-0.25, -0.2) is 9.59 Å². The minimum atomic E-state index is -1.45. The Morgan fingerprint density at radius 3 is 2.35 bits per heavy atom. The normalized spacial score (nSPS) is 22.7. The summed E-state index contributed by atoms with van der Waals surface area (Å²) >= 11 is 0. The molecule has 46 heavy (non-hydrogen) atoms. The van der Waals surface area contributed by atoms with E-state index >= 15 is 0 Å². The highest BCUT2D eigenvalue weighted by Gasteiger charge is 2.55. The molecule has 2 aliphatic heterocycles. The van der Waals surface area contributed by atoms with Gasteiger partial charge in [-0.2, -0.15) is 0 Å². The Hall–Kier alpha value is -4.45. The number of ether oxygens (including phenoxy) is 2. The highest BCUT2D eigenvalue weighted by atomic mass is 16.7. The zero-order valence-electron chi connectivity index (χ0n) is 26.1.